The lowest BCUT2D eigenvalue weighted by atomic mass is 10.0. The third kappa shape index (κ3) is 5.21. The molecule has 0 aromatic heterocycles. The first kappa shape index (κ1) is 13.7. The fraction of sp³-hybridized carbons (Fsp3) is 0.778. The van der Waals surface area contributed by atoms with Crippen molar-refractivity contribution < 1.29 is 14.7 Å². The van der Waals surface area contributed by atoms with E-state index in [0.717, 1.165) is 0 Å². The summed E-state index contributed by atoms with van der Waals surface area (Å²) in [5.74, 6) is -0.409. The molecule has 0 aliphatic carbocycles. The molecule has 2 atom stereocenters. The molecule has 6 nitrogen and oxygen atoms in total. The normalized spacial score (nSPS) is 14.5. The van der Waals surface area contributed by atoms with Crippen molar-refractivity contribution in [2.45, 2.75) is 32.9 Å². The average Bonchev–Trinajstić information content (AvgIpc) is 2.12. The zero-order valence-corrected chi connectivity index (χ0v) is 9.28. The van der Waals surface area contributed by atoms with Crippen molar-refractivity contribution in [1.82, 2.24) is 10.6 Å². The highest BCUT2D eigenvalue weighted by Crippen LogP contribution is 2.01. The van der Waals surface area contributed by atoms with Crippen LogP contribution in [-0.4, -0.2) is 35.7 Å². The fourth-order valence-corrected chi connectivity index (χ4v) is 1.07. The van der Waals surface area contributed by atoms with E-state index in [-0.39, 0.29) is 24.5 Å². The maximum absolute atomic E-state index is 11.6. The number of amides is 3. The quantitative estimate of drug-likeness (QED) is 0.483. The van der Waals surface area contributed by atoms with Gasteiger partial charge >= 0.3 is 6.03 Å². The molecular weight excluding hydrogens is 198 g/mol. The molecule has 88 valence electrons. The van der Waals surface area contributed by atoms with Gasteiger partial charge in [0.2, 0.25) is 5.91 Å². The van der Waals surface area contributed by atoms with Gasteiger partial charge in [-0.15, -0.1) is 0 Å². The average molecular weight is 217 g/mol. The summed E-state index contributed by atoms with van der Waals surface area (Å²) >= 11 is 0. The van der Waals surface area contributed by atoms with Crippen LogP contribution in [-0.2, 0) is 4.79 Å². The van der Waals surface area contributed by atoms with E-state index < -0.39 is 12.1 Å². The molecule has 15 heavy (non-hydrogen) atoms. The summed E-state index contributed by atoms with van der Waals surface area (Å²) in [5.41, 5.74) is 4.95. The molecule has 0 radical (unpaired) electrons. The van der Waals surface area contributed by atoms with E-state index in [1.165, 1.54) is 0 Å². The number of hydrogen-bond acceptors (Lipinski definition) is 3. The van der Waals surface area contributed by atoms with Crippen molar-refractivity contribution in [1.29, 1.82) is 0 Å². The number of rotatable bonds is 5. The molecule has 6 heteroatoms. The first-order valence-electron chi connectivity index (χ1n) is 4.85. The number of carbonyl (C=O) groups is 2. The number of hydrogen-bond donors (Lipinski definition) is 4. The van der Waals surface area contributed by atoms with Gasteiger partial charge in [0.05, 0.1) is 6.61 Å². The Morgan fingerprint density at radius 3 is 2.13 bits per heavy atom. The first-order chi connectivity index (χ1) is 6.88. The van der Waals surface area contributed by atoms with Crippen LogP contribution >= 0.6 is 0 Å². The van der Waals surface area contributed by atoms with Crippen LogP contribution in [0.5, 0.6) is 0 Å². The molecule has 0 aromatic carbocycles. The Kier molecular flexibility index (Phi) is 5.69. The number of aliphatic hydroxyl groups is 1. The molecule has 0 saturated heterocycles. The van der Waals surface area contributed by atoms with Crippen molar-refractivity contribution in [2.24, 2.45) is 11.7 Å². The molecule has 0 heterocycles. The Bertz CT molecular complexity index is 231. The predicted octanol–water partition coefficient (Wildman–Crippen LogP) is -0.824. The summed E-state index contributed by atoms with van der Waals surface area (Å²) in [5, 5.41) is 13.7. The Balaban J connectivity index is 4.35. The van der Waals surface area contributed by atoms with Gasteiger partial charge < -0.3 is 21.5 Å². The highest BCUT2D eigenvalue weighted by atomic mass is 16.3. The molecular formula is C9H19N3O3. The summed E-state index contributed by atoms with van der Waals surface area (Å²) in [6.07, 6.45) is 0. The summed E-state index contributed by atoms with van der Waals surface area (Å²) in [6, 6.07) is -1.74. The lowest BCUT2D eigenvalue weighted by molar-refractivity contribution is -0.124. The molecule has 0 bridgehead atoms. The molecule has 0 fully saturated rings. The second-order valence-corrected chi connectivity index (χ2v) is 3.82. The molecule has 0 spiro atoms. The van der Waals surface area contributed by atoms with Crippen LogP contribution in [0, 0.1) is 5.92 Å². The Morgan fingerprint density at radius 2 is 1.80 bits per heavy atom. The molecule has 0 aliphatic heterocycles. The first-order valence-corrected chi connectivity index (χ1v) is 4.85. The summed E-state index contributed by atoms with van der Waals surface area (Å²) in [4.78, 5) is 22.3. The lowest BCUT2D eigenvalue weighted by Gasteiger charge is -2.22. The monoisotopic (exact) mass is 217 g/mol. The van der Waals surface area contributed by atoms with Gasteiger partial charge in [0.1, 0.15) is 6.04 Å². The third-order valence-electron chi connectivity index (χ3n) is 1.91. The van der Waals surface area contributed by atoms with Crippen LogP contribution in [0.25, 0.3) is 0 Å². The maximum atomic E-state index is 11.6. The molecule has 5 N–H and O–H groups in total. The second kappa shape index (κ2) is 6.23. The topological polar surface area (TPSA) is 104 Å². The van der Waals surface area contributed by atoms with E-state index in [2.05, 4.69) is 10.6 Å². The Labute approximate surface area is 89.2 Å². The fourth-order valence-electron chi connectivity index (χ4n) is 1.07. The standard InChI is InChI=1S/C9H19N3O3/c1-5(2)7(12-9(10)15)8(14)11-6(3)4-13/h5-7,13H,4H2,1-3H3,(H,11,14)(H3,10,12,15)/t6-,7?/m1/s1. The minimum atomic E-state index is -0.736. The van der Waals surface area contributed by atoms with Gasteiger partial charge in [-0.3, -0.25) is 4.79 Å². The number of primary amides is 1. The zero-order chi connectivity index (χ0) is 12.0. The number of aliphatic hydroxyl groups excluding tert-OH is 1. The summed E-state index contributed by atoms with van der Waals surface area (Å²) in [7, 11) is 0. The number of urea groups is 1. The van der Waals surface area contributed by atoms with Gasteiger partial charge in [-0.2, -0.15) is 0 Å². The molecule has 1 unspecified atom stereocenters. The van der Waals surface area contributed by atoms with Crippen LogP contribution in [0.15, 0.2) is 0 Å². The van der Waals surface area contributed by atoms with E-state index >= 15 is 0 Å². The predicted molar refractivity (Wildman–Crippen MR) is 56.0 cm³/mol. The van der Waals surface area contributed by atoms with Gasteiger partial charge in [0, 0.05) is 6.04 Å². The number of nitrogens with two attached hydrogens (primary N) is 1. The van der Waals surface area contributed by atoms with Crippen molar-refractivity contribution >= 4 is 11.9 Å². The SMILES string of the molecule is CC(C)C(NC(N)=O)C(=O)N[C@H](C)CO. The van der Waals surface area contributed by atoms with Crippen LogP contribution in [0.1, 0.15) is 20.8 Å². The van der Waals surface area contributed by atoms with Crippen molar-refractivity contribution in [3.05, 3.63) is 0 Å². The minimum absolute atomic E-state index is 0.0663. The van der Waals surface area contributed by atoms with Crippen molar-refractivity contribution in [3.8, 4) is 0 Å². The van der Waals surface area contributed by atoms with Gasteiger partial charge in [0.15, 0.2) is 0 Å². The van der Waals surface area contributed by atoms with Gasteiger partial charge in [-0.1, -0.05) is 13.8 Å². The molecule has 0 aromatic rings. The maximum Gasteiger partial charge on any atom is 0.312 e. The van der Waals surface area contributed by atoms with Gasteiger partial charge in [-0.25, -0.2) is 4.79 Å². The smallest absolute Gasteiger partial charge is 0.312 e. The highest BCUT2D eigenvalue weighted by molar-refractivity contribution is 5.86. The lowest BCUT2D eigenvalue weighted by Crippen LogP contribution is -2.53. The van der Waals surface area contributed by atoms with Crippen LogP contribution in [0.4, 0.5) is 4.79 Å². The van der Waals surface area contributed by atoms with Gasteiger partial charge in [0.25, 0.3) is 0 Å². The third-order valence-corrected chi connectivity index (χ3v) is 1.91. The van der Waals surface area contributed by atoms with Crippen LogP contribution in [0.2, 0.25) is 0 Å². The molecule has 0 aliphatic rings. The summed E-state index contributed by atoms with van der Waals surface area (Å²) < 4.78 is 0. The number of carbonyl (C=O) groups excluding carboxylic acids is 2. The van der Waals surface area contributed by atoms with E-state index in [1.807, 2.05) is 0 Å². The largest absolute Gasteiger partial charge is 0.394 e. The summed E-state index contributed by atoms with van der Waals surface area (Å²) in [6.45, 7) is 5.11. The van der Waals surface area contributed by atoms with E-state index in [9.17, 15) is 9.59 Å². The van der Waals surface area contributed by atoms with E-state index in [4.69, 9.17) is 10.8 Å². The van der Waals surface area contributed by atoms with E-state index in [1.54, 1.807) is 20.8 Å². The van der Waals surface area contributed by atoms with Crippen LogP contribution < -0.4 is 16.4 Å². The molecule has 0 saturated carbocycles. The van der Waals surface area contributed by atoms with Crippen molar-refractivity contribution in [2.75, 3.05) is 6.61 Å². The second-order valence-electron chi connectivity index (χ2n) is 3.82. The van der Waals surface area contributed by atoms with Crippen LogP contribution in [0.3, 0.4) is 0 Å². The Morgan fingerprint density at radius 1 is 1.27 bits per heavy atom. The van der Waals surface area contributed by atoms with E-state index in [0.29, 0.717) is 0 Å². The van der Waals surface area contributed by atoms with Gasteiger partial charge in [-0.05, 0) is 12.8 Å². The zero-order valence-electron chi connectivity index (χ0n) is 9.28. The number of nitrogens with one attached hydrogen (secondary N) is 2. The highest BCUT2D eigenvalue weighted by Gasteiger charge is 2.23. The Hall–Kier alpha value is -1.30. The molecule has 3 amide bonds. The molecule has 0 rings (SSSR count). The minimum Gasteiger partial charge on any atom is -0.394 e. The van der Waals surface area contributed by atoms with Crippen molar-refractivity contribution in [3.63, 3.8) is 0 Å².